The van der Waals surface area contributed by atoms with E-state index in [0.717, 1.165) is 10.8 Å². The molecule has 2 rings (SSSR count). The zero-order chi connectivity index (χ0) is 15.9. The Bertz CT molecular complexity index is 712. The molecule has 0 aliphatic heterocycles. The third-order valence-corrected chi connectivity index (χ3v) is 3.00. The lowest BCUT2D eigenvalue weighted by atomic mass is 10.1. The van der Waals surface area contributed by atoms with E-state index in [1.807, 2.05) is 18.2 Å². The second-order valence-electron chi connectivity index (χ2n) is 4.61. The number of fused-ring (bicyclic) bond motifs is 1. The number of aromatic nitrogens is 2. The fourth-order valence-corrected chi connectivity index (χ4v) is 1.89. The van der Waals surface area contributed by atoms with Gasteiger partial charge in [0.15, 0.2) is 6.04 Å². The van der Waals surface area contributed by atoms with Gasteiger partial charge < -0.3 is 10.2 Å². The zero-order valence-corrected chi connectivity index (χ0v) is 11.6. The first kappa shape index (κ1) is 15.5. The number of carboxylic acids is 2. The summed E-state index contributed by atoms with van der Waals surface area (Å²) >= 11 is 0. The van der Waals surface area contributed by atoms with Crippen molar-refractivity contribution in [3.05, 3.63) is 30.5 Å². The molecule has 1 aromatic heterocycles. The molecule has 22 heavy (non-hydrogen) atoms. The minimum atomic E-state index is -1.15. The molecule has 0 saturated carbocycles. The van der Waals surface area contributed by atoms with Crippen LogP contribution in [0.2, 0.25) is 0 Å². The van der Waals surface area contributed by atoms with Gasteiger partial charge in [0.25, 0.3) is 0 Å². The highest BCUT2D eigenvalue weighted by Crippen LogP contribution is 2.22. The molecule has 0 fully saturated rings. The highest BCUT2D eigenvalue weighted by Gasteiger charge is 2.17. The molecule has 2 aromatic rings. The number of azo groups is 1. The topological polar surface area (TPSA) is 125 Å². The Morgan fingerprint density at radius 1 is 1.23 bits per heavy atom. The maximum absolute atomic E-state index is 11.1. The van der Waals surface area contributed by atoms with Crippen molar-refractivity contribution in [2.75, 3.05) is 0 Å². The van der Waals surface area contributed by atoms with E-state index in [-0.39, 0.29) is 25.1 Å². The first-order valence-corrected chi connectivity index (χ1v) is 6.64. The van der Waals surface area contributed by atoms with Crippen molar-refractivity contribution in [1.82, 2.24) is 10.2 Å². The van der Waals surface area contributed by atoms with Crippen molar-refractivity contribution in [1.29, 1.82) is 0 Å². The van der Waals surface area contributed by atoms with Crippen molar-refractivity contribution in [2.24, 2.45) is 10.2 Å². The summed E-state index contributed by atoms with van der Waals surface area (Å²) in [6, 6.07) is 6.19. The monoisotopic (exact) mass is 302 g/mol. The number of hydrogen-bond acceptors (Lipinski definition) is 6. The summed E-state index contributed by atoms with van der Waals surface area (Å²) in [4.78, 5) is 21.6. The molecule has 0 amide bonds. The predicted molar refractivity (Wildman–Crippen MR) is 77.0 cm³/mol. The zero-order valence-electron chi connectivity index (χ0n) is 11.6. The van der Waals surface area contributed by atoms with Gasteiger partial charge in [-0.25, -0.2) is 4.79 Å². The van der Waals surface area contributed by atoms with E-state index in [2.05, 4.69) is 20.4 Å². The van der Waals surface area contributed by atoms with Crippen molar-refractivity contribution < 1.29 is 19.8 Å². The molecular weight excluding hydrogens is 288 g/mol. The van der Waals surface area contributed by atoms with E-state index in [0.29, 0.717) is 0 Å². The lowest BCUT2D eigenvalue weighted by Gasteiger charge is -2.05. The summed E-state index contributed by atoms with van der Waals surface area (Å²) in [5.41, 5.74) is 0. The van der Waals surface area contributed by atoms with Crippen LogP contribution in [0.4, 0.5) is 5.82 Å². The normalized spacial score (nSPS) is 12.5. The summed E-state index contributed by atoms with van der Waals surface area (Å²) in [5, 5.41) is 34.5. The maximum Gasteiger partial charge on any atom is 0.330 e. The third-order valence-electron chi connectivity index (χ3n) is 3.00. The standard InChI is InChI=1S/C14H14N4O4/c19-12(20)7-3-6-11(14(21)22)16-18-13-10-5-2-1-4-9(10)8-15-17-13/h1-2,4-5,8,11H,3,6-7H2,(H,19,20)(H,21,22). The van der Waals surface area contributed by atoms with E-state index in [1.54, 1.807) is 12.3 Å². The Hall–Kier alpha value is -2.90. The van der Waals surface area contributed by atoms with Crippen LogP contribution in [-0.2, 0) is 9.59 Å². The summed E-state index contributed by atoms with van der Waals surface area (Å²) in [6.45, 7) is 0. The average Bonchev–Trinajstić information content (AvgIpc) is 2.50. The van der Waals surface area contributed by atoms with Crippen LogP contribution in [0.1, 0.15) is 19.3 Å². The van der Waals surface area contributed by atoms with Gasteiger partial charge in [0, 0.05) is 17.2 Å². The number of hydrogen-bond donors (Lipinski definition) is 2. The molecule has 114 valence electrons. The summed E-state index contributed by atoms with van der Waals surface area (Å²) in [7, 11) is 0. The van der Waals surface area contributed by atoms with E-state index < -0.39 is 18.0 Å². The number of carboxylic acid groups (broad SMARTS) is 2. The SMILES string of the molecule is O=C(O)CCCC(N=Nc1nncc2ccccc12)C(=O)O. The molecule has 1 atom stereocenters. The molecule has 8 nitrogen and oxygen atoms in total. The molecule has 1 aromatic carbocycles. The van der Waals surface area contributed by atoms with Crippen LogP contribution in [-0.4, -0.2) is 38.4 Å². The highest BCUT2D eigenvalue weighted by molar-refractivity contribution is 5.89. The van der Waals surface area contributed by atoms with Gasteiger partial charge in [-0.1, -0.05) is 24.3 Å². The van der Waals surface area contributed by atoms with Crippen LogP contribution < -0.4 is 0 Å². The molecule has 1 unspecified atom stereocenters. The Balaban J connectivity index is 2.15. The molecular formula is C14H14N4O4. The van der Waals surface area contributed by atoms with Gasteiger partial charge in [0.1, 0.15) is 0 Å². The summed E-state index contributed by atoms with van der Waals surface area (Å²) in [6.07, 6.45) is 1.79. The quantitative estimate of drug-likeness (QED) is 0.756. The Labute approximate surface area is 125 Å². The molecule has 0 aliphatic rings. The number of rotatable bonds is 7. The Morgan fingerprint density at radius 2 is 2.00 bits per heavy atom. The van der Waals surface area contributed by atoms with Crippen LogP contribution in [0, 0.1) is 0 Å². The third kappa shape index (κ3) is 4.05. The fourth-order valence-electron chi connectivity index (χ4n) is 1.89. The van der Waals surface area contributed by atoms with Crippen LogP contribution in [0.5, 0.6) is 0 Å². The number of carbonyl (C=O) groups is 2. The smallest absolute Gasteiger partial charge is 0.330 e. The molecule has 8 heteroatoms. The molecule has 0 saturated heterocycles. The van der Waals surface area contributed by atoms with Gasteiger partial charge in [-0.15, -0.1) is 10.2 Å². The Morgan fingerprint density at radius 3 is 2.73 bits per heavy atom. The lowest BCUT2D eigenvalue weighted by molar-refractivity contribution is -0.140. The molecule has 0 radical (unpaired) electrons. The molecule has 2 N–H and O–H groups in total. The van der Waals surface area contributed by atoms with E-state index >= 15 is 0 Å². The van der Waals surface area contributed by atoms with Crippen molar-refractivity contribution >= 4 is 28.5 Å². The average molecular weight is 302 g/mol. The lowest BCUT2D eigenvalue weighted by Crippen LogP contribution is -2.17. The van der Waals surface area contributed by atoms with E-state index in [4.69, 9.17) is 10.2 Å². The van der Waals surface area contributed by atoms with Gasteiger partial charge >= 0.3 is 11.9 Å². The molecule has 0 spiro atoms. The van der Waals surface area contributed by atoms with Crippen LogP contribution >= 0.6 is 0 Å². The predicted octanol–water partition coefficient (Wildman–Crippen LogP) is 2.42. The first-order valence-electron chi connectivity index (χ1n) is 6.64. The maximum atomic E-state index is 11.1. The van der Waals surface area contributed by atoms with E-state index in [1.165, 1.54) is 0 Å². The fraction of sp³-hybridized carbons (Fsp3) is 0.286. The van der Waals surface area contributed by atoms with Crippen molar-refractivity contribution in [2.45, 2.75) is 25.3 Å². The number of nitrogens with zero attached hydrogens (tertiary/aromatic N) is 4. The number of benzene rings is 1. The minimum Gasteiger partial charge on any atom is -0.481 e. The second kappa shape index (κ2) is 7.21. The van der Waals surface area contributed by atoms with Gasteiger partial charge in [-0.05, 0) is 12.8 Å². The Kier molecular flexibility index (Phi) is 5.07. The largest absolute Gasteiger partial charge is 0.481 e. The molecule has 0 bridgehead atoms. The van der Waals surface area contributed by atoms with E-state index in [9.17, 15) is 9.59 Å². The van der Waals surface area contributed by atoms with Gasteiger partial charge in [-0.2, -0.15) is 10.2 Å². The second-order valence-corrected chi connectivity index (χ2v) is 4.61. The van der Waals surface area contributed by atoms with Crippen LogP contribution in [0.15, 0.2) is 40.7 Å². The first-order chi connectivity index (χ1) is 10.6. The highest BCUT2D eigenvalue weighted by atomic mass is 16.4. The molecule has 1 heterocycles. The van der Waals surface area contributed by atoms with Crippen LogP contribution in [0.3, 0.4) is 0 Å². The molecule has 0 aliphatic carbocycles. The van der Waals surface area contributed by atoms with Crippen molar-refractivity contribution in [3.63, 3.8) is 0 Å². The van der Waals surface area contributed by atoms with Crippen molar-refractivity contribution in [3.8, 4) is 0 Å². The van der Waals surface area contributed by atoms with Gasteiger partial charge in [-0.3, -0.25) is 4.79 Å². The number of aliphatic carboxylic acids is 2. The van der Waals surface area contributed by atoms with Gasteiger partial charge in [0.05, 0.1) is 6.20 Å². The minimum absolute atomic E-state index is 0.101. The summed E-state index contributed by atoms with van der Waals surface area (Å²) in [5.74, 6) is -1.88. The van der Waals surface area contributed by atoms with Gasteiger partial charge in [0.2, 0.25) is 5.82 Å². The van der Waals surface area contributed by atoms with Crippen LogP contribution in [0.25, 0.3) is 10.8 Å². The summed E-state index contributed by atoms with van der Waals surface area (Å²) < 4.78 is 0.